The molecule has 0 radical (unpaired) electrons. The van der Waals surface area contributed by atoms with Gasteiger partial charge in [-0.2, -0.15) is 0 Å². The monoisotopic (exact) mass is 470 g/mol. The predicted molar refractivity (Wildman–Crippen MR) is 125 cm³/mol. The fourth-order valence-electron chi connectivity index (χ4n) is 3.71. The third-order valence-electron chi connectivity index (χ3n) is 5.29. The van der Waals surface area contributed by atoms with Crippen molar-refractivity contribution in [3.05, 3.63) is 40.1 Å². The number of benzene rings is 2. The molecule has 2 heterocycles. The molecule has 0 bridgehead atoms. The van der Waals surface area contributed by atoms with E-state index < -0.39 is 5.43 Å². The van der Waals surface area contributed by atoms with Crippen molar-refractivity contribution in [2.45, 2.75) is 13.8 Å². The highest BCUT2D eigenvalue weighted by Crippen LogP contribution is 2.52. The summed E-state index contributed by atoms with van der Waals surface area (Å²) in [5, 5.41) is 0.104. The van der Waals surface area contributed by atoms with Crippen LogP contribution in [0.2, 0.25) is 0 Å². The van der Waals surface area contributed by atoms with E-state index in [4.69, 9.17) is 37.6 Å². The van der Waals surface area contributed by atoms with E-state index in [1.165, 1.54) is 28.4 Å². The van der Waals surface area contributed by atoms with Crippen LogP contribution in [0.4, 0.5) is 0 Å². The zero-order chi connectivity index (χ0) is 24.4. The van der Waals surface area contributed by atoms with Gasteiger partial charge in [0.15, 0.2) is 28.6 Å². The molecule has 9 nitrogen and oxygen atoms in total. The van der Waals surface area contributed by atoms with E-state index in [1.54, 1.807) is 18.2 Å². The first-order chi connectivity index (χ1) is 16.4. The van der Waals surface area contributed by atoms with Crippen LogP contribution in [0.25, 0.3) is 22.3 Å². The summed E-state index contributed by atoms with van der Waals surface area (Å²) in [5.74, 6) is 2.12. The van der Waals surface area contributed by atoms with Crippen molar-refractivity contribution in [3.63, 3.8) is 0 Å². The van der Waals surface area contributed by atoms with E-state index in [-0.39, 0.29) is 58.9 Å². The molecule has 34 heavy (non-hydrogen) atoms. The fraction of sp³-hybridized carbons (Fsp3) is 0.320. The third kappa shape index (κ3) is 3.83. The summed E-state index contributed by atoms with van der Waals surface area (Å²) in [6.45, 7) is 4.29. The summed E-state index contributed by atoms with van der Waals surface area (Å²) in [7, 11) is 5.74. The van der Waals surface area contributed by atoms with Gasteiger partial charge in [-0.15, -0.1) is 0 Å². The van der Waals surface area contributed by atoms with Gasteiger partial charge in [0.2, 0.25) is 35.2 Å². The van der Waals surface area contributed by atoms with Crippen LogP contribution in [0.15, 0.2) is 39.1 Å². The lowest BCUT2D eigenvalue weighted by molar-refractivity contribution is 0.174. The molecule has 1 aliphatic rings. The Bertz CT molecular complexity index is 1320. The van der Waals surface area contributed by atoms with Crippen molar-refractivity contribution in [2.24, 2.45) is 0 Å². The second-order valence-electron chi connectivity index (χ2n) is 7.59. The first kappa shape index (κ1) is 23.2. The lowest BCUT2D eigenvalue weighted by atomic mass is 10.1. The molecule has 2 aromatic carbocycles. The summed E-state index contributed by atoms with van der Waals surface area (Å²) < 4.78 is 45.4. The number of ether oxygens (including phenoxy) is 7. The molecule has 0 spiro atoms. The number of hydrogen-bond acceptors (Lipinski definition) is 9. The Morgan fingerprint density at radius 2 is 1.56 bits per heavy atom. The van der Waals surface area contributed by atoms with Crippen molar-refractivity contribution in [1.29, 1.82) is 0 Å². The zero-order valence-corrected chi connectivity index (χ0v) is 19.9. The summed E-state index contributed by atoms with van der Waals surface area (Å²) in [5.41, 5.74) is 1.31. The molecule has 0 saturated carbocycles. The van der Waals surface area contributed by atoms with Crippen LogP contribution in [0.5, 0.6) is 40.2 Å². The number of fused-ring (bicyclic) bond motifs is 2. The summed E-state index contributed by atoms with van der Waals surface area (Å²) in [6.07, 6.45) is 1.90. The average Bonchev–Trinajstić information content (AvgIpc) is 3.30. The van der Waals surface area contributed by atoms with Gasteiger partial charge in [0.05, 0.1) is 28.4 Å². The minimum Gasteiger partial charge on any atom is -0.492 e. The minimum atomic E-state index is -0.458. The SMILES string of the molecule is COc1c(OCC=C(C)C)c(OC)c2oc(-c3ccc4c(c3)OCO4)c(OC)c(=O)c2c1OC. The van der Waals surface area contributed by atoms with E-state index in [1.807, 2.05) is 19.9 Å². The van der Waals surface area contributed by atoms with Crippen LogP contribution in [0.1, 0.15) is 13.8 Å². The second kappa shape index (κ2) is 9.46. The third-order valence-corrected chi connectivity index (χ3v) is 5.29. The van der Waals surface area contributed by atoms with E-state index in [0.29, 0.717) is 17.1 Å². The van der Waals surface area contributed by atoms with Crippen molar-refractivity contribution >= 4 is 11.0 Å². The quantitative estimate of drug-likeness (QED) is 0.439. The maximum Gasteiger partial charge on any atom is 0.239 e. The van der Waals surface area contributed by atoms with Crippen molar-refractivity contribution in [2.75, 3.05) is 41.8 Å². The zero-order valence-electron chi connectivity index (χ0n) is 19.9. The fourth-order valence-corrected chi connectivity index (χ4v) is 3.71. The molecular formula is C25H26O9. The number of hydrogen-bond donors (Lipinski definition) is 0. The Hall–Kier alpha value is -4.01. The largest absolute Gasteiger partial charge is 0.492 e. The highest BCUT2D eigenvalue weighted by atomic mass is 16.7. The lowest BCUT2D eigenvalue weighted by Crippen LogP contribution is -2.11. The number of rotatable bonds is 8. The molecule has 0 atom stereocenters. The molecule has 0 amide bonds. The molecule has 0 aliphatic carbocycles. The topological polar surface area (TPSA) is 94.8 Å². The van der Waals surface area contributed by atoms with Crippen LogP contribution in [-0.4, -0.2) is 41.8 Å². The van der Waals surface area contributed by atoms with Crippen molar-refractivity contribution < 1.29 is 37.6 Å². The van der Waals surface area contributed by atoms with E-state index in [2.05, 4.69) is 0 Å². The van der Waals surface area contributed by atoms with Gasteiger partial charge in [0.1, 0.15) is 12.0 Å². The summed E-state index contributed by atoms with van der Waals surface area (Å²) >= 11 is 0. The highest BCUT2D eigenvalue weighted by Gasteiger charge is 2.30. The predicted octanol–water partition coefficient (Wildman–Crippen LogP) is 4.57. The Kier molecular flexibility index (Phi) is 6.45. The van der Waals surface area contributed by atoms with Crippen LogP contribution < -0.4 is 38.6 Å². The maximum atomic E-state index is 13.6. The van der Waals surface area contributed by atoms with E-state index >= 15 is 0 Å². The molecule has 1 aromatic heterocycles. The minimum absolute atomic E-state index is 0.00743. The van der Waals surface area contributed by atoms with Crippen molar-refractivity contribution in [1.82, 2.24) is 0 Å². The summed E-state index contributed by atoms with van der Waals surface area (Å²) in [6, 6.07) is 5.20. The van der Waals surface area contributed by atoms with Gasteiger partial charge in [0.25, 0.3) is 0 Å². The normalized spacial score (nSPS) is 11.8. The smallest absolute Gasteiger partial charge is 0.239 e. The Balaban J connectivity index is 2.05. The Morgan fingerprint density at radius 3 is 2.21 bits per heavy atom. The van der Waals surface area contributed by atoms with Crippen LogP contribution >= 0.6 is 0 Å². The van der Waals surface area contributed by atoms with Crippen LogP contribution in [-0.2, 0) is 0 Å². The van der Waals surface area contributed by atoms with Gasteiger partial charge in [0, 0.05) is 5.56 Å². The molecule has 180 valence electrons. The molecular weight excluding hydrogens is 444 g/mol. The van der Waals surface area contributed by atoms with E-state index in [0.717, 1.165) is 5.57 Å². The van der Waals surface area contributed by atoms with E-state index in [9.17, 15) is 4.79 Å². The molecule has 9 heteroatoms. The summed E-state index contributed by atoms with van der Waals surface area (Å²) in [4.78, 5) is 13.6. The van der Waals surface area contributed by atoms with Gasteiger partial charge >= 0.3 is 0 Å². The molecule has 1 aliphatic heterocycles. The van der Waals surface area contributed by atoms with Gasteiger partial charge in [-0.25, -0.2) is 0 Å². The second-order valence-corrected chi connectivity index (χ2v) is 7.59. The van der Waals surface area contributed by atoms with Gasteiger partial charge in [-0.05, 0) is 38.1 Å². The first-order valence-corrected chi connectivity index (χ1v) is 10.5. The Labute approximate surface area is 196 Å². The van der Waals surface area contributed by atoms with Crippen molar-refractivity contribution in [3.8, 4) is 51.6 Å². The average molecular weight is 470 g/mol. The van der Waals surface area contributed by atoms with Gasteiger partial charge in [-0.1, -0.05) is 5.57 Å². The Morgan fingerprint density at radius 1 is 0.882 bits per heavy atom. The molecule has 0 N–H and O–H groups in total. The first-order valence-electron chi connectivity index (χ1n) is 10.5. The lowest BCUT2D eigenvalue weighted by Gasteiger charge is -2.19. The van der Waals surface area contributed by atoms with Crippen LogP contribution in [0.3, 0.4) is 0 Å². The molecule has 0 fully saturated rings. The van der Waals surface area contributed by atoms with Gasteiger partial charge in [-0.3, -0.25) is 4.79 Å². The molecule has 0 unspecified atom stereocenters. The highest BCUT2D eigenvalue weighted by molar-refractivity contribution is 5.97. The number of allylic oxidation sites excluding steroid dienone is 1. The molecule has 0 saturated heterocycles. The number of methoxy groups -OCH3 is 4. The van der Waals surface area contributed by atoms with Gasteiger partial charge < -0.3 is 37.6 Å². The van der Waals surface area contributed by atoms with Crippen LogP contribution in [0, 0.1) is 0 Å². The molecule has 3 aromatic rings. The standard InChI is InChI=1S/C25H26O9/c1-13(2)9-10-31-25-23(29-5)20(27-3)17-18(26)22(28-4)19(34-21(17)24(25)30-6)14-7-8-15-16(11-14)33-12-32-15/h7-9,11H,10,12H2,1-6H3. The molecule has 4 rings (SSSR count). The maximum absolute atomic E-state index is 13.6.